The van der Waals surface area contributed by atoms with Crippen LogP contribution < -0.4 is 4.18 Å². The number of hydrogen-bond acceptors (Lipinski definition) is 5. The van der Waals surface area contributed by atoms with E-state index in [-0.39, 0.29) is 23.6 Å². The zero-order valence-electron chi connectivity index (χ0n) is 14.3. The van der Waals surface area contributed by atoms with Crippen LogP contribution in [-0.4, -0.2) is 26.5 Å². The van der Waals surface area contributed by atoms with E-state index in [1.807, 2.05) is 0 Å². The lowest BCUT2D eigenvalue weighted by molar-refractivity contribution is -0.144. The van der Waals surface area contributed by atoms with Gasteiger partial charge in [0.2, 0.25) is 0 Å². The van der Waals surface area contributed by atoms with Gasteiger partial charge in [0.15, 0.2) is 0 Å². The van der Waals surface area contributed by atoms with Gasteiger partial charge in [-0.15, -0.1) is 0 Å². The molecule has 5 nitrogen and oxygen atoms in total. The lowest BCUT2D eigenvalue weighted by atomic mass is 9.77. The molecule has 0 heterocycles. The first-order chi connectivity index (χ1) is 12.1. The Morgan fingerprint density at radius 2 is 1.69 bits per heavy atom. The van der Waals surface area contributed by atoms with Crippen molar-refractivity contribution < 1.29 is 35.3 Å². The number of ether oxygens (including phenoxy) is 1. The molecule has 146 valence electrons. The van der Waals surface area contributed by atoms with Crippen LogP contribution in [0.15, 0.2) is 24.3 Å². The third kappa shape index (κ3) is 5.36. The first-order valence-corrected chi connectivity index (χ1v) is 9.79. The minimum atomic E-state index is -5.66. The van der Waals surface area contributed by atoms with Gasteiger partial charge in [-0.3, -0.25) is 4.79 Å². The number of rotatable bonds is 6. The van der Waals surface area contributed by atoms with Crippen molar-refractivity contribution in [1.82, 2.24) is 0 Å². The van der Waals surface area contributed by atoms with Crippen molar-refractivity contribution in [2.75, 3.05) is 6.61 Å². The first-order valence-electron chi connectivity index (χ1n) is 8.38. The van der Waals surface area contributed by atoms with Gasteiger partial charge in [0.25, 0.3) is 0 Å². The highest BCUT2D eigenvalue weighted by Gasteiger charge is 2.48. The second-order valence-corrected chi connectivity index (χ2v) is 7.82. The molecule has 0 saturated heterocycles. The van der Waals surface area contributed by atoms with Crippen molar-refractivity contribution in [1.29, 1.82) is 0 Å². The van der Waals surface area contributed by atoms with Crippen molar-refractivity contribution in [3.05, 3.63) is 29.8 Å². The van der Waals surface area contributed by atoms with Gasteiger partial charge in [-0.2, -0.15) is 21.6 Å². The Morgan fingerprint density at radius 1 is 1.12 bits per heavy atom. The average Bonchev–Trinajstić information content (AvgIpc) is 2.55. The van der Waals surface area contributed by atoms with Crippen molar-refractivity contribution in [2.24, 2.45) is 5.92 Å². The van der Waals surface area contributed by atoms with Gasteiger partial charge in [0, 0.05) is 6.42 Å². The molecule has 1 aromatic carbocycles. The quantitative estimate of drug-likeness (QED) is 0.412. The third-order valence-electron chi connectivity index (χ3n) is 4.45. The summed E-state index contributed by atoms with van der Waals surface area (Å²) in [5.41, 5.74) is -4.54. The van der Waals surface area contributed by atoms with Gasteiger partial charge < -0.3 is 8.92 Å². The van der Waals surface area contributed by atoms with Crippen LogP contribution in [0.4, 0.5) is 13.2 Å². The number of carbonyl (C=O) groups is 1. The minimum Gasteiger partial charge on any atom is -0.466 e. The molecule has 0 aliphatic heterocycles. The summed E-state index contributed by atoms with van der Waals surface area (Å²) in [7, 11) is -5.66. The smallest absolute Gasteiger partial charge is 0.466 e. The number of esters is 1. The molecule has 1 aliphatic carbocycles. The van der Waals surface area contributed by atoms with Crippen LogP contribution in [0.25, 0.3) is 0 Å². The maximum atomic E-state index is 12.3. The fourth-order valence-electron chi connectivity index (χ4n) is 3.12. The van der Waals surface area contributed by atoms with Crippen LogP contribution in [0.2, 0.25) is 0 Å². The Balaban J connectivity index is 1.91. The predicted octanol–water partition coefficient (Wildman–Crippen LogP) is 4.14. The van der Waals surface area contributed by atoms with Crippen molar-refractivity contribution >= 4 is 16.1 Å². The molecule has 26 heavy (non-hydrogen) atoms. The lowest BCUT2D eigenvalue weighted by Crippen LogP contribution is -2.28. The van der Waals surface area contributed by atoms with Crippen LogP contribution in [0.3, 0.4) is 0 Å². The van der Waals surface area contributed by atoms with E-state index in [1.54, 1.807) is 19.1 Å². The van der Waals surface area contributed by atoms with E-state index in [1.165, 1.54) is 12.1 Å². The highest BCUT2D eigenvalue weighted by molar-refractivity contribution is 7.88. The van der Waals surface area contributed by atoms with Gasteiger partial charge in [-0.25, -0.2) is 0 Å². The Bertz CT molecular complexity index is 705. The van der Waals surface area contributed by atoms with E-state index in [0.717, 1.165) is 31.2 Å². The van der Waals surface area contributed by atoms with E-state index >= 15 is 0 Å². The molecule has 0 spiro atoms. The summed E-state index contributed by atoms with van der Waals surface area (Å²) in [4.78, 5) is 11.5. The Labute approximate surface area is 150 Å². The average molecular weight is 394 g/mol. The van der Waals surface area contributed by atoms with Crippen LogP contribution >= 0.6 is 0 Å². The number of benzene rings is 1. The molecule has 1 aromatic rings. The predicted molar refractivity (Wildman–Crippen MR) is 88.0 cm³/mol. The third-order valence-corrected chi connectivity index (χ3v) is 5.43. The van der Waals surface area contributed by atoms with Crippen LogP contribution in [0, 0.1) is 5.92 Å². The second kappa shape index (κ2) is 8.28. The molecule has 9 heteroatoms. The van der Waals surface area contributed by atoms with Crippen molar-refractivity contribution in [3.8, 4) is 5.75 Å². The SMILES string of the molecule is CCOC(=O)C[C@H]1CC[C@H](c2ccc(OS(=O)(=O)C(F)(F)F)cc2)CC1. The van der Waals surface area contributed by atoms with E-state index in [9.17, 15) is 26.4 Å². The molecule has 1 fully saturated rings. The summed E-state index contributed by atoms with van der Waals surface area (Å²) in [5.74, 6) is -0.0584. The van der Waals surface area contributed by atoms with Gasteiger partial charge >= 0.3 is 21.6 Å². The number of carbonyl (C=O) groups excluding carboxylic acids is 1. The second-order valence-electron chi connectivity index (χ2n) is 6.28. The summed E-state index contributed by atoms with van der Waals surface area (Å²) < 4.78 is 68.0. The topological polar surface area (TPSA) is 69.7 Å². The fraction of sp³-hybridized carbons (Fsp3) is 0.588. The summed E-state index contributed by atoms with van der Waals surface area (Å²) >= 11 is 0. The maximum absolute atomic E-state index is 12.3. The van der Waals surface area contributed by atoms with Gasteiger partial charge in [0.05, 0.1) is 6.61 Å². The monoisotopic (exact) mass is 394 g/mol. The standard InChI is InChI=1S/C17H21F3O5S/c1-2-24-16(21)11-12-3-5-13(6-4-12)14-7-9-15(10-8-14)25-26(22,23)17(18,19)20/h7-10,12-13H,2-6,11H2,1H3/t12-,13-. The molecule has 1 saturated carbocycles. The zero-order valence-corrected chi connectivity index (χ0v) is 15.1. The highest BCUT2D eigenvalue weighted by Crippen LogP contribution is 2.38. The molecule has 0 radical (unpaired) electrons. The molecule has 0 aromatic heterocycles. The summed E-state index contributed by atoms with van der Waals surface area (Å²) in [5, 5.41) is 0. The Kier molecular flexibility index (Phi) is 6.54. The van der Waals surface area contributed by atoms with Gasteiger partial charge in [0.1, 0.15) is 5.75 Å². The van der Waals surface area contributed by atoms with Crippen LogP contribution in [0.1, 0.15) is 50.5 Å². The lowest BCUT2D eigenvalue weighted by Gasteiger charge is -2.28. The molecule has 0 atom stereocenters. The van der Waals surface area contributed by atoms with Gasteiger partial charge in [-0.1, -0.05) is 12.1 Å². The summed E-state index contributed by atoms with van der Waals surface area (Å²) in [6, 6.07) is 5.61. The minimum absolute atomic E-state index is 0.191. The van der Waals surface area contributed by atoms with E-state index in [0.29, 0.717) is 13.0 Å². The number of hydrogen-bond donors (Lipinski definition) is 0. The molecule has 1 aliphatic rings. The van der Waals surface area contributed by atoms with E-state index in [2.05, 4.69) is 4.18 Å². The Hall–Kier alpha value is -1.77. The highest BCUT2D eigenvalue weighted by atomic mass is 32.2. The molecule has 2 rings (SSSR count). The van der Waals surface area contributed by atoms with E-state index in [4.69, 9.17) is 4.74 Å². The molecular formula is C17H21F3O5S. The number of alkyl halides is 3. The Morgan fingerprint density at radius 3 is 2.19 bits per heavy atom. The zero-order chi connectivity index (χ0) is 19.4. The number of halogens is 3. The molecule has 0 N–H and O–H groups in total. The van der Waals surface area contributed by atoms with Crippen LogP contribution in [-0.2, 0) is 19.6 Å². The molecule has 0 unspecified atom stereocenters. The summed E-state index contributed by atoms with van der Waals surface area (Å²) in [6.45, 7) is 2.13. The van der Waals surface area contributed by atoms with Crippen molar-refractivity contribution in [2.45, 2.75) is 50.5 Å². The maximum Gasteiger partial charge on any atom is 0.534 e. The largest absolute Gasteiger partial charge is 0.534 e. The molecular weight excluding hydrogens is 373 g/mol. The van der Waals surface area contributed by atoms with E-state index < -0.39 is 15.6 Å². The normalized spacial score (nSPS) is 21.2. The van der Waals surface area contributed by atoms with Crippen LogP contribution in [0.5, 0.6) is 5.75 Å². The first kappa shape index (κ1) is 20.5. The summed E-state index contributed by atoms with van der Waals surface area (Å²) in [6.07, 6.45) is 3.84. The molecule has 0 bridgehead atoms. The van der Waals surface area contributed by atoms with Gasteiger partial charge in [-0.05, 0) is 62.1 Å². The fourth-order valence-corrected chi connectivity index (χ4v) is 3.58. The molecule has 0 amide bonds. The van der Waals surface area contributed by atoms with Crippen molar-refractivity contribution in [3.63, 3.8) is 0 Å².